The van der Waals surface area contributed by atoms with Gasteiger partial charge >= 0.3 is 17.9 Å². The lowest BCUT2D eigenvalue weighted by atomic mass is 10.0. The smallest absolute Gasteiger partial charge is 0.326 e. The number of carbonyl (C=O) groups is 6. The van der Waals surface area contributed by atoms with Crippen LogP contribution in [0.5, 0.6) is 5.75 Å². The van der Waals surface area contributed by atoms with Crippen LogP contribution in [-0.4, -0.2) is 90.2 Å². The van der Waals surface area contributed by atoms with Crippen molar-refractivity contribution in [2.75, 3.05) is 0 Å². The molecule has 0 saturated heterocycles. The molecule has 16 nitrogen and oxygen atoms in total. The van der Waals surface area contributed by atoms with Crippen molar-refractivity contribution in [1.82, 2.24) is 25.9 Å². The Hall–Kier alpha value is -4.99. The summed E-state index contributed by atoms with van der Waals surface area (Å²) in [7, 11) is 0. The quantitative estimate of drug-likeness (QED) is 0.114. The van der Waals surface area contributed by atoms with Gasteiger partial charge in [-0.3, -0.25) is 24.0 Å². The summed E-state index contributed by atoms with van der Waals surface area (Å²) >= 11 is 0. The monoisotopic (exact) mass is 548 g/mol. The first kappa shape index (κ1) is 30.2. The van der Waals surface area contributed by atoms with Crippen LogP contribution in [0.3, 0.4) is 0 Å². The van der Waals surface area contributed by atoms with Gasteiger partial charge in [0.05, 0.1) is 25.2 Å². The van der Waals surface area contributed by atoms with Crippen molar-refractivity contribution in [3.63, 3.8) is 0 Å². The maximum absolute atomic E-state index is 13.1. The summed E-state index contributed by atoms with van der Waals surface area (Å²) in [5.74, 6) is -7.46. The van der Waals surface area contributed by atoms with Gasteiger partial charge in [-0.15, -0.1) is 0 Å². The topological polar surface area (TPSA) is 274 Å². The Balaban J connectivity index is 2.22. The number of phenolic OH excluding ortho intramolecular Hbond substituents is 1. The van der Waals surface area contributed by atoms with Crippen molar-refractivity contribution >= 4 is 35.6 Å². The van der Waals surface area contributed by atoms with Crippen LogP contribution in [0.4, 0.5) is 0 Å². The van der Waals surface area contributed by atoms with Gasteiger partial charge in [0.2, 0.25) is 17.7 Å². The predicted octanol–water partition coefficient (Wildman–Crippen LogP) is -2.28. The molecule has 0 fully saturated rings. The summed E-state index contributed by atoms with van der Waals surface area (Å²) in [4.78, 5) is 78.8. The predicted molar refractivity (Wildman–Crippen MR) is 130 cm³/mol. The molecule has 210 valence electrons. The highest BCUT2D eigenvalue weighted by Gasteiger charge is 2.32. The second-order valence-corrected chi connectivity index (χ2v) is 8.48. The largest absolute Gasteiger partial charge is 0.508 e. The maximum atomic E-state index is 13.1. The molecule has 0 aliphatic heterocycles. The number of nitrogens with zero attached hydrogens (tertiary/aromatic N) is 1. The Kier molecular flexibility index (Phi) is 10.9. The number of phenols is 1. The average Bonchev–Trinajstić information content (AvgIpc) is 3.36. The molecular weight excluding hydrogens is 520 g/mol. The van der Waals surface area contributed by atoms with E-state index in [-0.39, 0.29) is 18.6 Å². The number of aromatic nitrogens is 2. The van der Waals surface area contributed by atoms with Crippen molar-refractivity contribution in [2.45, 2.75) is 49.9 Å². The summed E-state index contributed by atoms with van der Waals surface area (Å²) < 4.78 is 0. The fraction of sp³-hybridized carbons (Fsp3) is 0.348. The van der Waals surface area contributed by atoms with Gasteiger partial charge in [0.25, 0.3) is 0 Å². The summed E-state index contributed by atoms with van der Waals surface area (Å²) in [6, 6.07) is -0.573. The lowest BCUT2D eigenvalue weighted by molar-refractivity contribution is -0.143. The highest BCUT2D eigenvalue weighted by Crippen LogP contribution is 2.12. The van der Waals surface area contributed by atoms with E-state index in [0.717, 1.165) is 0 Å². The minimum absolute atomic E-state index is 0.0380. The third-order valence-electron chi connectivity index (χ3n) is 5.35. The molecule has 0 spiro atoms. The van der Waals surface area contributed by atoms with Crippen LogP contribution in [-0.2, 0) is 41.6 Å². The second kappa shape index (κ2) is 14.1. The lowest BCUT2D eigenvalue weighted by Gasteiger charge is -2.24. The lowest BCUT2D eigenvalue weighted by Crippen LogP contribution is -2.58. The molecule has 1 heterocycles. The Morgan fingerprint density at radius 2 is 1.36 bits per heavy atom. The van der Waals surface area contributed by atoms with E-state index in [4.69, 9.17) is 10.8 Å². The van der Waals surface area contributed by atoms with Gasteiger partial charge < -0.3 is 47.1 Å². The minimum Gasteiger partial charge on any atom is -0.508 e. The Morgan fingerprint density at radius 1 is 0.795 bits per heavy atom. The van der Waals surface area contributed by atoms with Crippen LogP contribution in [0.25, 0.3) is 0 Å². The van der Waals surface area contributed by atoms with Crippen LogP contribution >= 0.6 is 0 Å². The number of nitrogens with two attached hydrogens (primary N) is 1. The zero-order valence-electron chi connectivity index (χ0n) is 20.4. The summed E-state index contributed by atoms with van der Waals surface area (Å²) in [6.07, 6.45) is 0.567. The number of rotatable bonds is 15. The molecule has 4 unspecified atom stereocenters. The molecule has 0 radical (unpaired) electrons. The molecule has 2 aromatic rings. The van der Waals surface area contributed by atoms with Crippen LogP contribution in [0, 0.1) is 0 Å². The first-order chi connectivity index (χ1) is 18.3. The minimum atomic E-state index is -1.74. The first-order valence-corrected chi connectivity index (χ1v) is 11.4. The molecular formula is C23H28N6O10. The van der Waals surface area contributed by atoms with Crippen molar-refractivity contribution in [3.05, 3.63) is 48.0 Å². The van der Waals surface area contributed by atoms with Crippen molar-refractivity contribution < 1.29 is 49.2 Å². The molecule has 1 aromatic carbocycles. The number of aromatic amines is 1. The molecule has 2 rings (SSSR count). The second-order valence-electron chi connectivity index (χ2n) is 8.48. The number of hydrogen-bond donors (Lipinski definition) is 9. The third kappa shape index (κ3) is 10.1. The number of nitrogens with one attached hydrogen (secondary N) is 4. The van der Waals surface area contributed by atoms with E-state index in [0.29, 0.717) is 11.3 Å². The van der Waals surface area contributed by atoms with Gasteiger partial charge in [0, 0.05) is 24.7 Å². The van der Waals surface area contributed by atoms with Crippen LogP contribution in [0.2, 0.25) is 0 Å². The zero-order chi connectivity index (χ0) is 29.1. The molecule has 0 saturated carbocycles. The van der Waals surface area contributed by atoms with E-state index in [1.807, 2.05) is 0 Å². The summed E-state index contributed by atoms with van der Waals surface area (Å²) in [5.41, 5.74) is 6.32. The molecule has 0 aliphatic carbocycles. The number of hydrogen-bond acceptors (Lipinski definition) is 9. The van der Waals surface area contributed by atoms with Gasteiger partial charge in [0.15, 0.2) is 0 Å². The molecule has 16 heteroatoms. The number of aliphatic carboxylic acids is 3. The number of carboxylic acid groups (broad SMARTS) is 3. The summed E-state index contributed by atoms with van der Waals surface area (Å²) in [5, 5.41) is 43.7. The molecule has 3 amide bonds. The van der Waals surface area contributed by atoms with Crippen LogP contribution in [0.1, 0.15) is 24.1 Å². The Bertz CT molecular complexity index is 1180. The summed E-state index contributed by atoms with van der Waals surface area (Å²) in [6.45, 7) is 0. The molecule has 0 bridgehead atoms. The SMILES string of the molecule is NC(CC(=O)O)C(=O)NC(CC(=O)O)C(=O)NC(Cc1cnc[nH]1)C(=O)NC(Cc1ccc(O)cc1)C(=O)O. The maximum Gasteiger partial charge on any atom is 0.326 e. The van der Waals surface area contributed by atoms with Gasteiger partial charge in [-0.05, 0) is 17.7 Å². The molecule has 10 N–H and O–H groups in total. The molecule has 1 aromatic heterocycles. The number of benzene rings is 1. The molecule has 4 atom stereocenters. The van der Waals surface area contributed by atoms with Gasteiger partial charge in [-0.2, -0.15) is 0 Å². The number of carboxylic acids is 3. The normalized spacial score (nSPS) is 13.8. The van der Waals surface area contributed by atoms with Crippen molar-refractivity contribution in [2.24, 2.45) is 5.73 Å². The van der Waals surface area contributed by atoms with Gasteiger partial charge in [0.1, 0.15) is 23.9 Å². The van der Waals surface area contributed by atoms with E-state index in [2.05, 4.69) is 25.9 Å². The van der Waals surface area contributed by atoms with Gasteiger partial charge in [-0.25, -0.2) is 9.78 Å². The number of imidazole rings is 1. The number of H-pyrrole nitrogens is 1. The van der Waals surface area contributed by atoms with E-state index in [1.54, 1.807) is 0 Å². The van der Waals surface area contributed by atoms with E-state index < -0.39 is 72.6 Å². The van der Waals surface area contributed by atoms with Crippen LogP contribution < -0.4 is 21.7 Å². The molecule has 0 aliphatic rings. The Morgan fingerprint density at radius 3 is 1.90 bits per heavy atom. The molecule has 39 heavy (non-hydrogen) atoms. The number of amides is 3. The number of carbonyl (C=O) groups excluding carboxylic acids is 3. The highest BCUT2D eigenvalue weighted by atomic mass is 16.4. The van der Waals surface area contributed by atoms with Crippen molar-refractivity contribution in [3.8, 4) is 5.75 Å². The fourth-order valence-corrected chi connectivity index (χ4v) is 3.38. The van der Waals surface area contributed by atoms with E-state index >= 15 is 0 Å². The Labute approximate surface area is 220 Å². The zero-order valence-corrected chi connectivity index (χ0v) is 20.4. The van der Waals surface area contributed by atoms with Crippen LogP contribution in [0.15, 0.2) is 36.8 Å². The highest BCUT2D eigenvalue weighted by molar-refractivity contribution is 5.96. The van der Waals surface area contributed by atoms with E-state index in [9.17, 15) is 44.1 Å². The van der Waals surface area contributed by atoms with E-state index in [1.165, 1.54) is 36.8 Å². The average molecular weight is 549 g/mol. The third-order valence-corrected chi connectivity index (χ3v) is 5.35. The standard InChI is InChI=1S/C23H28N6O10/c24-14(7-18(31)32)20(35)27-16(8-19(33)34)22(37)28-15(6-12-9-25-10-26-12)21(36)29-17(23(38)39)5-11-1-3-13(30)4-2-11/h1-4,9-10,14-17,30H,5-8,24H2,(H,25,26)(H,27,35)(H,28,37)(H,29,36)(H,31,32)(H,33,34)(H,38,39). The van der Waals surface area contributed by atoms with Gasteiger partial charge in [-0.1, -0.05) is 12.1 Å². The fourth-order valence-electron chi connectivity index (χ4n) is 3.38. The first-order valence-electron chi connectivity index (χ1n) is 11.4. The number of aromatic hydroxyl groups is 1. The van der Waals surface area contributed by atoms with Crippen molar-refractivity contribution in [1.29, 1.82) is 0 Å².